The average Bonchev–Trinajstić information content (AvgIpc) is 3.14. The fourth-order valence-corrected chi connectivity index (χ4v) is 7.76. The molecule has 1 N–H and O–H groups in total. The third-order valence-electron chi connectivity index (χ3n) is 7.59. The van der Waals surface area contributed by atoms with Crippen LogP contribution in [0.5, 0.6) is 0 Å². The third-order valence-corrected chi connectivity index (χ3v) is 10.3. The van der Waals surface area contributed by atoms with E-state index in [-0.39, 0.29) is 22.4 Å². The van der Waals surface area contributed by atoms with E-state index in [0.29, 0.717) is 11.8 Å². The molecule has 0 heterocycles. The third kappa shape index (κ3) is 12.8. The Morgan fingerprint density at radius 3 is 1.29 bits per heavy atom. The summed E-state index contributed by atoms with van der Waals surface area (Å²) in [6.45, 7) is 8.59. The predicted molar refractivity (Wildman–Crippen MR) is 212 cm³/mol. The van der Waals surface area contributed by atoms with Crippen LogP contribution < -0.4 is 15.9 Å². The van der Waals surface area contributed by atoms with Gasteiger partial charge >= 0.3 is 0 Å². The zero-order valence-corrected chi connectivity index (χ0v) is 30.7. The summed E-state index contributed by atoms with van der Waals surface area (Å²) in [6.07, 6.45) is 3.52. The first kappa shape index (κ1) is 38.9. The molecule has 0 radical (unpaired) electrons. The predicted octanol–water partition coefficient (Wildman–Crippen LogP) is 10.9. The van der Waals surface area contributed by atoms with Gasteiger partial charge in [-0.3, -0.25) is 0 Å². The standard InChI is InChI=1S/C21H25NO.C18H15P.C6H5.Ni/c1-15(2)18-11-8-12-19(16(3)4)21(18)22-20(23)14-13-17-9-6-5-7-10-17;1-4-10-16(11-5-1)19(17-12-6-2-7-13-17)18-14-8-3-9-15-18;1-2-4-6-5-3-1;/h5-16H,1-4H3,(H,22,23);1-15H;1-5H;/q;;-1;/p+1/b14-13+;;;. The Morgan fingerprint density at radius 2 is 0.939 bits per heavy atom. The van der Waals surface area contributed by atoms with Crippen molar-refractivity contribution in [3.05, 3.63) is 199 Å². The first-order valence-electron chi connectivity index (χ1n) is 16.5. The Bertz CT molecular complexity index is 1660. The SMILES string of the molecule is CC(C)c1cccc(C(C)C)c1N=C(O)/C=C/c1ccccc1.[Ni].[c-]1ccccc1.c1ccc([PH+](c2ccccc2)c2ccccc2)cc1. The number of aliphatic imine (C=N–C) groups is 1. The van der Waals surface area contributed by atoms with Crippen LogP contribution in [0, 0.1) is 6.07 Å². The zero-order chi connectivity index (χ0) is 34.0. The molecule has 0 bridgehead atoms. The number of hydrogen-bond acceptors (Lipinski definition) is 1. The Kier molecular flexibility index (Phi) is 17.0. The van der Waals surface area contributed by atoms with Crippen molar-refractivity contribution in [2.75, 3.05) is 0 Å². The first-order valence-corrected chi connectivity index (χ1v) is 18.0. The maximum absolute atomic E-state index is 10.2. The molecular weight excluding hydrogens is 660 g/mol. The summed E-state index contributed by atoms with van der Waals surface area (Å²) in [5.74, 6) is 0.751. The summed E-state index contributed by atoms with van der Waals surface area (Å²) in [7, 11) is -0.877. The molecule has 0 fully saturated rings. The molecule has 2 nitrogen and oxygen atoms in total. The largest absolute Gasteiger partial charge is 0.493 e. The Labute approximate surface area is 305 Å². The molecule has 252 valence electrons. The van der Waals surface area contributed by atoms with Gasteiger partial charge in [-0.05, 0) is 71.0 Å². The number of aliphatic hydroxyl groups is 1. The van der Waals surface area contributed by atoms with Crippen molar-refractivity contribution in [2.24, 2.45) is 4.99 Å². The molecule has 0 atom stereocenters. The Morgan fingerprint density at radius 1 is 0.551 bits per heavy atom. The van der Waals surface area contributed by atoms with Crippen molar-refractivity contribution in [1.82, 2.24) is 0 Å². The maximum Gasteiger partial charge on any atom is 0.211 e. The van der Waals surface area contributed by atoms with Crippen LogP contribution >= 0.6 is 7.92 Å². The van der Waals surface area contributed by atoms with E-state index in [1.807, 2.05) is 66.7 Å². The van der Waals surface area contributed by atoms with Gasteiger partial charge in [0.05, 0.1) is 13.6 Å². The second-order valence-electron chi connectivity index (χ2n) is 11.9. The topological polar surface area (TPSA) is 32.6 Å². The molecule has 0 unspecified atom stereocenters. The van der Waals surface area contributed by atoms with Gasteiger partial charge in [0.15, 0.2) is 0 Å². The number of aliphatic hydroxyl groups excluding tert-OH is 1. The quantitative estimate of drug-likeness (QED) is 0.0552. The molecule has 6 aromatic carbocycles. The van der Waals surface area contributed by atoms with E-state index in [1.54, 1.807) is 6.08 Å². The zero-order valence-electron chi connectivity index (χ0n) is 28.7. The molecule has 6 rings (SSSR count). The minimum atomic E-state index is -0.877. The molecule has 0 aliphatic carbocycles. The monoisotopic (exact) mass is 705 g/mol. The number of para-hydroxylation sites is 1. The Balaban J connectivity index is 0.000000225. The average molecular weight is 707 g/mol. The summed E-state index contributed by atoms with van der Waals surface area (Å²) in [5.41, 5.74) is 4.26. The van der Waals surface area contributed by atoms with Gasteiger partial charge in [0.25, 0.3) is 0 Å². The minimum Gasteiger partial charge on any atom is -0.493 e. The van der Waals surface area contributed by atoms with Crippen molar-refractivity contribution < 1.29 is 21.6 Å². The molecule has 6 aromatic rings. The van der Waals surface area contributed by atoms with E-state index >= 15 is 0 Å². The normalized spacial score (nSPS) is 11.0. The molecule has 0 aliphatic heterocycles. The van der Waals surface area contributed by atoms with Crippen LogP contribution in [-0.4, -0.2) is 11.0 Å². The van der Waals surface area contributed by atoms with Crippen LogP contribution in [0.4, 0.5) is 5.69 Å². The minimum absolute atomic E-state index is 0. The summed E-state index contributed by atoms with van der Waals surface area (Å²) in [4.78, 5) is 4.50. The molecule has 0 amide bonds. The van der Waals surface area contributed by atoms with Crippen LogP contribution in [0.25, 0.3) is 6.08 Å². The van der Waals surface area contributed by atoms with E-state index in [2.05, 4.69) is 148 Å². The van der Waals surface area contributed by atoms with Gasteiger partial charge in [-0.15, -0.1) is 0 Å². The van der Waals surface area contributed by atoms with E-state index in [1.165, 1.54) is 15.9 Å². The second kappa shape index (κ2) is 21.4. The van der Waals surface area contributed by atoms with Crippen LogP contribution in [0.15, 0.2) is 181 Å². The summed E-state index contributed by atoms with van der Waals surface area (Å²) >= 11 is 0. The summed E-state index contributed by atoms with van der Waals surface area (Å²) < 4.78 is 0. The first-order chi connectivity index (χ1) is 23.4. The molecular formula is C45H46NNiOP. The van der Waals surface area contributed by atoms with Crippen LogP contribution in [0.1, 0.15) is 56.2 Å². The smallest absolute Gasteiger partial charge is 0.211 e. The number of rotatable bonds is 8. The fraction of sp³-hybridized carbons (Fsp3) is 0.133. The number of hydrogen-bond donors (Lipinski definition) is 1. The molecule has 4 heteroatoms. The molecule has 0 aromatic heterocycles. The molecule has 0 spiro atoms. The van der Waals surface area contributed by atoms with Crippen molar-refractivity contribution in [3.8, 4) is 0 Å². The van der Waals surface area contributed by atoms with E-state index in [4.69, 9.17) is 0 Å². The second-order valence-corrected chi connectivity index (χ2v) is 14.3. The molecule has 0 aliphatic rings. The van der Waals surface area contributed by atoms with Gasteiger partial charge in [0.1, 0.15) is 15.9 Å². The van der Waals surface area contributed by atoms with E-state index in [0.717, 1.165) is 22.4 Å². The van der Waals surface area contributed by atoms with Crippen molar-refractivity contribution in [3.63, 3.8) is 0 Å². The number of nitrogens with zero attached hydrogens (tertiary/aromatic N) is 1. The Hall–Kier alpha value is -4.55. The van der Waals surface area contributed by atoms with Crippen molar-refractivity contribution in [2.45, 2.75) is 39.5 Å². The van der Waals surface area contributed by atoms with Gasteiger partial charge in [0.2, 0.25) is 5.90 Å². The van der Waals surface area contributed by atoms with Gasteiger partial charge < -0.3 is 5.11 Å². The van der Waals surface area contributed by atoms with Gasteiger partial charge in [-0.1, -0.05) is 131 Å². The van der Waals surface area contributed by atoms with E-state index in [9.17, 15) is 5.11 Å². The maximum atomic E-state index is 10.2. The molecule has 49 heavy (non-hydrogen) atoms. The number of benzene rings is 6. The molecule has 0 saturated carbocycles. The van der Waals surface area contributed by atoms with Crippen molar-refractivity contribution in [1.29, 1.82) is 0 Å². The van der Waals surface area contributed by atoms with Gasteiger partial charge in [-0.25, -0.2) is 4.99 Å². The van der Waals surface area contributed by atoms with Gasteiger partial charge in [-0.2, -0.15) is 36.4 Å². The van der Waals surface area contributed by atoms with Crippen LogP contribution in [0.2, 0.25) is 0 Å². The van der Waals surface area contributed by atoms with Crippen LogP contribution in [-0.2, 0) is 16.5 Å². The van der Waals surface area contributed by atoms with E-state index < -0.39 is 7.92 Å². The fourth-order valence-electron chi connectivity index (χ4n) is 5.18. The van der Waals surface area contributed by atoms with Crippen molar-refractivity contribution >= 4 is 41.5 Å². The van der Waals surface area contributed by atoms with Crippen LogP contribution in [0.3, 0.4) is 0 Å². The summed E-state index contributed by atoms with van der Waals surface area (Å²) in [6, 6.07) is 61.1. The van der Waals surface area contributed by atoms with Gasteiger partial charge in [0, 0.05) is 22.6 Å². The molecule has 0 saturated heterocycles. The summed E-state index contributed by atoms with van der Waals surface area (Å²) in [5, 5.41) is 14.5.